The third kappa shape index (κ3) is 4.68. The third-order valence-electron chi connectivity index (χ3n) is 5.91. The Labute approximate surface area is 177 Å². The van der Waals surface area contributed by atoms with Gasteiger partial charge in [-0.25, -0.2) is 4.39 Å². The lowest BCUT2D eigenvalue weighted by Crippen LogP contribution is -2.29. The molecule has 5 heteroatoms. The average Bonchev–Trinajstić information content (AvgIpc) is 3.18. The first kappa shape index (κ1) is 20.5. The Bertz CT molecular complexity index is 1030. The summed E-state index contributed by atoms with van der Waals surface area (Å²) in [5, 5.41) is 4.13. The van der Waals surface area contributed by atoms with Gasteiger partial charge in [0.2, 0.25) is 5.82 Å². The minimum Gasteiger partial charge on any atom is -0.334 e. The van der Waals surface area contributed by atoms with Gasteiger partial charge in [-0.2, -0.15) is 4.98 Å². The van der Waals surface area contributed by atoms with Crippen LogP contribution in [-0.4, -0.2) is 29.1 Å². The molecule has 1 aliphatic rings. The highest BCUT2D eigenvalue weighted by Gasteiger charge is 2.28. The van der Waals surface area contributed by atoms with Gasteiger partial charge < -0.3 is 9.42 Å². The molecule has 0 radical (unpaired) electrons. The van der Waals surface area contributed by atoms with Crippen molar-refractivity contribution in [2.75, 3.05) is 14.1 Å². The SMILES string of the molecule is Cc1cccc(-c2noc(C=C3CCC(C(c4cccc(F)c4)N(C)C)CC3)n2)c1. The number of rotatable bonds is 5. The van der Waals surface area contributed by atoms with Crippen LogP contribution in [0.15, 0.2) is 58.6 Å². The zero-order chi connectivity index (χ0) is 21.1. The molecule has 1 unspecified atom stereocenters. The Balaban J connectivity index is 1.44. The highest BCUT2D eigenvalue weighted by Crippen LogP contribution is 2.39. The fraction of sp³-hybridized carbons (Fsp3) is 0.360. The maximum Gasteiger partial charge on any atom is 0.250 e. The van der Waals surface area contributed by atoms with Crippen LogP contribution < -0.4 is 0 Å². The molecule has 30 heavy (non-hydrogen) atoms. The monoisotopic (exact) mass is 405 g/mol. The van der Waals surface area contributed by atoms with Crippen LogP contribution in [0.3, 0.4) is 0 Å². The van der Waals surface area contributed by atoms with E-state index >= 15 is 0 Å². The van der Waals surface area contributed by atoms with Crippen molar-refractivity contribution in [2.24, 2.45) is 5.92 Å². The van der Waals surface area contributed by atoms with Crippen molar-refractivity contribution < 1.29 is 8.91 Å². The quantitative estimate of drug-likeness (QED) is 0.517. The molecule has 0 saturated heterocycles. The van der Waals surface area contributed by atoms with E-state index in [2.05, 4.69) is 48.2 Å². The van der Waals surface area contributed by atoms with Gasteiger partial charge in [0.25, 0.3) is 5.89 Å². The van der Waals surface area contributed by atoms with Gasteiger partial charge in [0.05, 0.1) is 0 Å². The van der Waals surface area contributed by atoms with Gasteiger partial charge in [-0.15, -0.1) is 0 Å². The number of benzene rings is 2. The summed E-state index contributed by atoms with van der Waals surface area (Å²) in [4.78, 5) is 6.76. The minimum atomic E-state index is -0.170. The summed E-state index contributed by atoms with van der Waals surface area (Å²) in [7, 11) is 4.15. The molecule has 0 bridgehead atoms. The Kier molecular flexibility index (Phi) is 6.09. The zero-order valence-corrected chi connectivity index (χ0v) is 17.8. The van der Waals surface area contributed by atoms with Gasteiger partial charge in [0.1, 0.15) is 5.82 Å². The van der Waals surface area contributed by atoms with E-state index < -0.39 is 0 Å². The molecule has 1 aliphatic carbocycles. The number of halogens is 1. The molecule has 0 N–H and O–H groups in total. The predicted molar refractivity (Wildman–Crippen MR) is 117 cm³/mol. The number of hydrogen-bond donors (Lipinski definition) is 0. The number of nitrogens with zero attached hydrogens (tertiary/aromatic N) is 3. The van der Waals surface area contributed by atoms with Crippen molar-refractivity contribution >= 4 is 6.08 Å². The van der Waals surface area contributed by atoms with Gasteiger partial charge in [-0.3, -0.25) is 0 Å². The summed E-state index contributed by atoms with van der Waals surface area (Å²) in [6.07, 6.45) is 6.14. The largest absolute Gasteiger partial charge is 0.334 e. The van der Waals surface area contributed by atoms with Crippen molar-refractivity contribution in [3.05, 3.63) is 76.9 Å². The standard InChI is InChI=1S/C25H28FN3O/c1-17-6-4-8-21(14-17)25-27-23(30-28-25)15-18-10-12-19(13-11-18)24(29(2)3)20-7-5-9-22(26)16-20/h4-9,14-16,19,24H,10-13H2,1-3H3. The highest BCUT2D eigenvalue weighted by molar-refractivity contribution is 5.57. The van der Waals surface area contributed by atoms with Crippen LogP contribution in [0.4, 0.5) is 4.39 Å². The second-order valence-corrected chi connectivity index (χ2v) is 8.43. The van der Waals surface area contributed by atoms with Crippen LogP contribution in [0.2, 0.25) is 0 Å². The van der Waals surface area contributed by atoms with Crippen LogP contribution in [0, 0.1) is 18.7 Å². The topological polar surface area (TPSA) is 42.2 Å². The molecule has 2 aromatic carbocycles. The summed E-state index contributed by atoms with van der Waals surface area (Å²) < 4.78 is 19.2. The summed E-state index contributed by atoms with van der Waals surface area (Å²) >= 11 is 0. The van der Waals surface area contributed by atoms with Crippen LogP contribution in [0.1, 0.15) is 48.7 Å². The third-order valence-corrected chi connectivity index (χ3v) is 5.91. The molecule has 1 atom stereocenters. The molecular formula is C25H28FN3O. The smallest absolute Gasteiger partial charge is 0.250 e. The lowest BCUT2D eigenvalue weighted by Gasteiger charge is -2.36. The van der Waals surface area contributed by atoms with E-state index in [0.29, 0.717) is 17.6 Å². The molecule has 4 nitrogen and oxygen atoms in total. The Morgan fingerprint density at radius 3 is 2.57 bits per heavy atom. The number of aromatic nitrogens is 2. The van der Waals surface area contributed by atoms with E-state index in [1.54, 1.807) is 12.1 Å². The first-order chi connectivity index (χ1) is 14.5. The van der Waals surface area contributed by atoms with Crippen molar-refractivity contribution in [3.63, 3.8) is 0 Å². The molecule has 1 heterocycles. The Hall–Kier alpha value is -2.79. The normalized spacial score (nSPS) is 17.9. The number of allylic oxidation sites excluding steroid dienone is 1. The summed E-state index contributed by atoms with van der Waals surface area (Å²) in [6, 6.07) is 15.3. The maximum atomic E-state index is 13.8. The van der Waals surface area contributed by atoms with Gasteiger partial charge in [0.15, 0.2) is 0 Å². The highest BCUT2D eigenvalue weighted by atomic mass is 19.1. The van der Waals surface area contributed by atoms with Gasteiger partial charge in [-0.1, -0.05) is 46.6 Å². The lowest BCUT2D eigenvalue weighted by atomic mass is 9.78. The maximum absolute atomic E-state index is 13.8. The Morgan fingerprint density at radius 2 is 1.87 bits per heavy atom. The second-order valence-electron chi connectivity index (χ2n) is 8.43. The fourth-order valence-corrected chi connectivity index (χ4v) is 4.52. The Morgan fingerprint density at radius 1 is 1.10 bits per heavy atom. The average molecular weight is 406 g/mol. The molecule has 4 rings (SSSR count). The minimum absolute atomic E-state index is 0.170. The van der Waals surface area contributed by atoms with Crippen molar-refractivity contribution in [1.82, 2.24) is 15.0 Å². The molecule has 0 amide bonds. The summed E-state index contributed by atoms with van der Waals surface area (Å²) in [6.45, 7) is 2.05. The molecular weight excluding hydrogens is 377 g/mol. The van der Waals surface area contributed by atoms with E-state index in [1.807, 2.05) is 24.3 Å². The molecule has 1 saturated carbocycles. The second kappa shape index (κ2) is 8.92. The number of hydrogen-bond acceptors (Lipinski definition) is 4. The van der Waals surface area contributed by atoms with E-state index in [1.165, 1.54) is 17.2 Å². The van der Waals surface area contributed by atoms with Crippen LogP contribution in [0.25, 0.3) is 17.5 Å². The van der Waals surface area contributed by atoms with Crippen LogP contribution in [-0.2, 0) is 0 Å². The molecule has 3 aromatic rings. The molecule has 0 aliphatic heterocycles. The first-order valence-corrected chi connectivity index (χ1v) is 10.5. The summed E-state index contributed by atoms with van der Waals surface area (Å²) in [5.41, 5.74) is 4.53. The van der Waals surface area contributed by atoms with Gasteiger partial charge >= 0.3 is 0 Å². The van der Waals surface area contributed by atoms with Crippen LogP contribution >= 0.6 is 0 Å². The van der Waals surface area contributed by atoms with Crippen LogP contribution in [0.5, 0.6) is 0 Å². The number of aryl methyl sites for hydroxylation is 1. The summed E-state index contributed by atoms with van der Waals surface area (Å²) in [5.74, 6) is 1.51. The fourth-order valence-electron chi connectivity index (χ4n) is 4.52. The lowest BCUT2D eigenvalue weighted by molar-refractivity contribution is 0.183. The molecule has 1 fully saturated rings. The first-order valence-electron chi connectivity index (χ1n) is 10.5. The van der Waals surface area contributed by atoms with Crippen molar-refractivity contribution in [3.8, 4) is 11.4 Å². The van der Waals surface area contributed by atoms with E-state index in [0.717, 1.165) is 36.8 Å². The van der Waals surface area contributed by atoms with Gasteiger partial charge in [-0.05, 0) is 76.4 Å². The molecule has 1 aromatic heterocycles. The zero-order valence-electron chi connectivity index (χ0n) is 17.8. The van der Waals surface area contributed by atoms with Gasteiger partial charge in [0, 0.05) is 17.7 Å². The molecule has 156 valence electrons. The van der Waals surface area contributed by atoms with Crippen molar-refractivity contribution in [2.45, 2.75) is 38.6 Å². The van der Waals surface area contributed by atoms with E-state index in [4.69, 9.17) is 4.52 Å². The van der Waals surface area contributed by atoms with E-state index in [-0.39, 0.29) is 11.9 Å². The predicted octanol–water partition coefficient (Wildman–Crippen LogP) is 6.06. The molecule has 0 spiro atoms. The van der Waals surface area contributed by atoms with Crippen molar-refractivity contribution in [1.29, 1.82) is 0 Å². The van der Waals surface area contributed by atoms with E-state index in [9.17, 15) is 4.39 Å².